The predicted molar refractivity (Wildman–Crippen MR) is 88.3 cm³/mol. The molecule has 0 saturated heterocycles. The largest absolute Gasteiger partial charge is 0.312 e. The third-order valence-electron chi connectivity index (χ3n) is 4.78. The van der Waals surface area contributed by atoms with Crippen molar-refractivity contribution in [1.82, 2.24) is 5.32 Å². The molecule has 0 amide bonds. The van der Waals surface area contributed by atoms with Crippen molar-refractivity contribution < 1.29 is 0 Å². The summed E-state index contributed by atoms with van der Waals surface area (Å²) >= 11 is 0. The molecule has 1 N–H and O–H groups in total. The summed E-state index contributed by atoms with van der Waals surface area (Å²) in [5.41, 5.74) is 6.20. The van der Waals surface area contributed by atoms with Crippen molar-refractivity contribution >= 4 is 0 Å². The van der Waals surface area contributed by atoms with Gasteiger partial charge in [-0.25, -0.2) is 0 Å². The smallest absolute Gasteiger partial charge is 0.00966 e. The van der Waals surface area contributed by atoms with Gasteiger partial charge in [-0.3, -0.25) is 0 Å². The highest BCUT2D eigenvalue weighted by Crippen LogP contribution is 2.37. The average molecular weight is 273 g/mol. The molecule has 112 valence electrons. The van der Waals surface area contributed by atoms with Crippen molar-refractivity contribution in [2.24, 2.45) is 11.8 Å². The van der Waals surface area contributed by atoms with Crippen LogP contribution in [0.4, 0.5) is 0 Å². The number of nitrogens with one attached hydrogen (secondary N) is 1. The highest BCUT2D eigenvalue weighted by molar-refractivity contribution is 5.38. The maximum absolute atomic E-state index is 3.68. The lowest BCUT2D eigenvalue weighted by Crippen LogP contribution is -2.44. The number of hydrogen-bond donors (Lipinski definition) is 1. The Morgan fingerprint density at radius 2 is 1.55 bits per heavy atom. The van der Waals surface area contributed by atoms with E-state index in [1.165, 1.54) is 42.5 Å². The van der Waals surface area contributed by atoms with Gasteiger partial charge in [0.25, 0.3) is 0 Å². The molecule has 1 aromatic carbocycles. The molecule has 1 aliphatic carbocycles. The Morgan fingerprint density at radius 1 is 1.00 bits per heavy atom. The zero-order valence-electron chi connectivity index (χ0n) is 14.1. The average Bonchev–Trinajstić information content (AvgIpc) is 2.24. The third-order valence-corrected chi connectivity index (χ3v) is 4.78. The highest BCUT2D eigenvalue weighted by atomic mass is 14.9. The number of aryl methyl sites for hydroxylation is 3. The first-order chi connectivity index (χ1) is 9.26. The van der Waals surface area contributed by atoms with Gasteiger partial charge in [-0.05, 0) is 95.9 Å². The van der Waals surface area contributed by atoms with E-state index >= 15 is 0 Å². The summed E-state index contributed by atoms with van der Waals surface area (Å²) in [7, 11) is 0. The third kappa shape index (κ3) is 3.85. The highest BCUT2D eigenvalue weighted by Gasteiger charge is 2.31. The zero-order valence-corrected chi connectivity index (χ0v) is 14.1. The molecule has 1 aromatic rings. The SMILES string of the molecule is Cc1cc(C)c(CC2CCC2CNC(C)(C)C)c(C)c1. The Hall–Kier alpha value is -0.820. The summed E-state index contributed by atoms with van der Waals surface area (Å²) in [4.78, 5) is 0. The number of rotatable bonds is 4. The molecule has 1 heteroatoms. The quantitative estimate of drug-likeness (QED) is 0.847. The van der Waals surface area contributed by atoms with Gasteiger partial charge < -0.3 is 5.32 Å². The summed E-state index contributed by atoms with van der Waals surface area (Å²) in [5.74, 6) is 1.75. The van der Waals surface area contributed by atoms with Gasteiger partial charge in [0.15, 0.2) is 0 Å². The molecule has 2 unspecified atom stereocenters. The molecule has 2 atom stereocenters. The second-order valence-corrected chi connectivity index (χ2v) is 7.81. The van der Waals surface area contributed by atoms with Crippen LogP contribution >= 0.6 is 0 Å². The Morgan fingerprint density at radius 3 is 2.00 bits per heavy atom. The molecule has 0 heterocycles. The number of benzene rings is 1. The van der Waals surface area contributed by atoms with Crippen molar-refractivity contribution in [1.29, 1.82) is 0 Å². The van der Waals surface area contributed by atoms with Gasteiger partial charge in [-0.1, -0.05) is 17.7 Å². The summed E-state index contributed by atoms with van der Waals surface area (Å²) in [6, 6.07) is 4.67. The van der Waals surface area contributed by atoms with Gasteiger partial charge >= 0.3 is 0 Å². The molecular weight excluding hydrogens is 242 g/mol. The zero-order chi connectivity index (χ0) is 14.9. The van der Waals surface area contributed by atoms with Crippen LogP contribution in [0.25, 0.3) is 0 Å². The van der Waals surface area contributed by atoms with E-state index in [-0.39, 0.29) is 5.54 Å². The minimum Gasteiger partial charge on any atom is -0.312 e. The Balaban J connectivity index is 1.97. The van der Waals surface area contributed by atoms with Crippen LogP contribution in [0.1, 0.15) is 55.9 Å². The lowest BCUT2D eigenvalue weighted by molar-refractivity contribution is 0.159. The van der Waals surface area contributed by atoms with Crippen LogP contribution in [-0.4, -0.2) is 12.1 Å². The van der Waals surface area contributed by atoms with E-state index in [1.54, 1.807) is 5.56 Å². The molecule has 0 spiro atoms. The van der Waals surface area contributed by atoms with Gasteiger partial charge in [0.1, 0.15) is 0 Å². The van der Waals surface area contributed by atoms with Gasteiger partial charge in [-0.2, -0.15) is 0 Å². The summed E-state index contributed by atoms with van der Waals surface area (Å²) in [6.45, 7) is 14.7. The lowest BCUT2D eigenvalue weighted by atomic mass is 9.69. The standard InChI is InChI=1S/C19H31N/c1-13-9-14(2)18(15(3)10-13)11-16-7-8-17(16)12-20-19(4,5)6/h9-10,16-17,20H,7-8,11-12H2,1-6H3. The van der Waals surface area contributed by atoms with Crippen molar-refractivity contribution in [2.75, 3.05) is 6.54 Å². The van der Waals surface area contributed by atoms with E-state index in [1.807, 2.05) is 0 Å². The molecular formula is C19H31N. The Kier molecular flexibility index (Phi) is 4.59. The van der Waals surface area contributed by atoms with Crippen LogP contribution in [0.5, 0.6) is 0 Å². The molecule has 20 heavy (non-hydrogen) atoms. The molecule has 0 bridgehead atoms. The normalized spacial score (nSPS) is 22.7. The fourth-order valence-electron chi connectivity index (χ4n) is 3.41. The molecule has 2 rings (SSSR count). The fraction of sp³-hybridized carbons (Fsp3) is 0.684. The van der Waals surface area contributed by atoms with Gasteiger partial charge in [0, 0.05) is 5.54 Å². The predicted octanol–water partition coefficient (Wildman–Crippen LogP) is 4.57. The van der Waals surface area contributed by atoms with Crippen molar-refractivity contribution in [3.8, 4) is 0 Å². The molecule has 1 aliphatic rings. The van der Waals surface area contributed by atoms with Crippen LogP contribution in [-0.2, 0) is 6.42 Å². The van der Waals surface area contributed by atoms with Crippen molar-refractivity contribution in [3.63, 3.8) is 0 Å². The number of hydrogen-bond acceptors (Lipinski definition) is 1. The summed E-state index contributed by atoms with van der Waals surface area (Å²) < 4.78 is 0. The topological polar surface area (TPSA) is 12.0 Å². The van der Waals surface area contributed by atoms with E-state index in [2.05, 4.69) is 59.0 Å². The second kappa shape index (κ2) is 5.89. The van der Waals surface area contributed by atoms with E-state index in [9.17, 15) is 0 Å². The second-order valence-electron chi connectivity index (χ2n) is 7.81. The Labute approximate surface area is 125 Å². The van der Waals surface area contributed by atoms with E-state index in [4.69, 9.17) is 0 Å². The molecule has 0 radical (unpaired) electrons. The molecule has 1 saturated carbocycles. The first-order valence-corrected chi connectivity index (χ1v) is 8.08. The van der Waals surface area contributed by atoms with Crippen LogP contribution in [0, 0.1) is 32.6 Å². The monoisotopic (exact) mass is 273 g/mol. The molecule has 0 aliphatic heterocycles. The minimum atomic E-state index is 0.246. The lowest BCUT2D eigenvalue weighted by Gasteiger charge is -2.39. The van der Waals surface area contributed by atoms with Crippen LogP contribution in [0.2, 0.25) is 0 Å². The summed E-state index contributed by atoms with van der Waals surface area (Å²) in [5, 5.41) is 3.68. The van der Waals surface area contributed by atoms with Gasteiger partial charge in [0.05, 0.1) is 0 Å². The van der Waals surface area contributed by atoms with Crippen molar-refractivity contribution in [2.45, 2.75) is 66.3 Å². The summed E-state index contributed by atoms with van der Waals surface area (Å²) in [6.07, 6.45) is 4.08. The van der Waals surface area contributed by atoms with E-state index in [0.717, 1.165) is 11.8 Å². The van der Waals surface area contributed by atoms with E-state index < -0.39 is 0 Å². The van der Waals surface area contributed by atoms with Crippen LogP contribution in [0.15, 0.2) is 12.1 Å². The fourth-order valence-corrected chi connectivity index (χ4v) is 3.41. The first-order valence-electron chi connectivity index (χ1n) is 8.08. The van der Waals surface area contributed by atoms with Gasteiger partial charge in [0.2, 0.25) is 0 Å². The van der Waals surface area contributed by atoms with Crippen molar-refractivity contribution in [3.05, 3.63) is 34.4 Å². The first kappa shape index (κ1) is 15.6. The van der Waals surface area contributed by atoms with E-state index in [0.29, 0.717) is 0 Å². The van der Waals surface area contributed by atoms with Gasteiger partial charge in [-0.15, -0.1) is 0 Å². The maximum Gasteiger partial charge on any atom is 0.00966 e. The molecule has 1 nitrogen and oxygen atoms in total. The maximum atomic E-state index is 3.68. The van der Waals surface area contributed by atoms with Crippen LogP contribution < -0.4 is 5.32 Å². The molecule has 0 aromatic heterocycles. The van der Waals surface area contributed by atoms with Crippen LogP contribution in [0.3, 0.4) is 0 Å². The molecule has 1 fully saturated rings. The Bertz CT molecular complexity index is 444. The minimum absolute atomic E-state index is 0.246.